The fourth-order valence-electron chi connectivity index (χ4n) is 2.53. The normalized spacial score (nSPS) is 15.6. The van der Waals surface area contributed by atoms with E-state index in [0.29, 0.717) is 13.2 Å². The number of ether oxygens (including phenoxy) is 2. The van der Waals surface area contributed by atoms with E-state index in [1.807, 2.05) is 0 Å². The van der Waals surface area contributed by atoms with Crippen LogP contribution in [0.4, 0.5) is 0 Å². The average molecular weight is 386 g/mol. The zero-order chi connectivity index (χ0) is 19.2. The molecule has 0 bridgehead atoms. The van der Waals surface area contributed by atoms with Gasteiger partial charge in [-0.1, -0.05) is 6.07 Å². The van der Waals surface area contributed by atoms with Gasteiger partial charge in [0.25, 0.3) is 5.91 Å². The lowest BCUT2D eigenvalue weighted by atomic mass is 10.2. The predicted octanol–water partition coefficient (Wildman–Crippen LogP) is -0.119. The monoisotopic (exact) mass is 386 g/mol. The Morgan fingerprint density at radius 1 is 1.31 bits per heavy atom. The quantitative estimate of drug-likeness (QED) is 0.663. The first-order valence-corrected chi connectivity index (χ1v) is 9.48. The lowest BCUT2D eigenvalue weighted by Crippen LogP contribution is -2.41. The summed E-state index contributed by atoms with van der Waals surface area (Å²) in [5.41, 5.74) is 0.108. The van der Waals surface area contributed by atoms with Gasteiger partial charge in [-0.05, 0) is 18.2 Å². The van der Waals surface area contributed by atoms with Crippen LogP contribution in [0.25, 0.3) is 0 Å². The second-order valence-corrected chi connectivity index (χ2v) is 7.60. The van der Waals surface area contributed by atoms with E-state index < -0.39 is 28.4 Å². The Hall–Kier alpha value is -2.01. The molecule has 1 saturated heterocycles. The summed E-state index contributed by atoms with van der Waals surface area (Å²) in [5, 5.41) is 8.98. The van der Waals surface area contributed by atoms with Crippen molar-refractivity contribution >= 4 is 21.9 Å². The average Bonchev–Trinajstić information content (AvgIpc) is 2.65. The van der Waals surface area contributed by atoms with Crippen molar-refractivity contribution < 1.29 is 32.6 Å². The third-order valence-electron chi connectivity index (χ3n) is 3.87. The van der Waals surface area contributed by atoms with E-state index in [1.54, 1.807) is 0 Å². The fourth-order valence-corrected chi connectivity index (χ4v) is 3.98. The molecule has 0 saturated carbocycles. The number of hydrogen-bond acceptors (Lipinski definition) is 6. The van der Waals surface area contributed by atoms with Gasteiger partial charge in [0.2, 0.25) is 10.0 Å². The van der Waals surface area contributed by atoms with Crippen LogP contribution in [-0.4, -0.2) is 87.7 Å². The lowest BCUT2D eigenvalue weighted by Gasteiger charge is -2.26. The highest BCUT2D eigenvalue weighted by Gasteiger charge is 2.27. The van der Waals surface area contributed by atoms with Crippen molar-refractivity contribution in [3.05, 3.63) is 29.8 Å². The summed E-state index contributed by atoms with van der Waals surface area (Å²) in [4.78, 5) is 24.7. The highest BCUT2D eigenvalue weighted by molar-refractivity contribution is 7.89. The molecule has 144 valence electrons. The SMILES string of the molecule is COCCN(CC(=O)O)C(=O)c1cccc(S(=O)(=O)N2CCOCC2)c1. The number of nitrogens with zero attached hydrogens (tertiary/aromatic N) is 2. The van der Waals surface area contributed by atoms with E-state index in [9.17, 15) is 18.0 Å². The first kappa shape index (κ1) is 20.3. The van der Waals surface area contributed by atoms with E-state index in [0.717, 1.165) is 4.90 Å². The van der Waals surface area contributed by atoms with Crippen LogP contribution in [-0.2, 0) is 24.3 Å². The second-order valence-electron chi connectivity index (χ2n) is 5.66. The van der Waals surface area contributed by atoms with Crippen molar-refractivity contribution in [2.24, 2.45) is 0 Å². The van der Waals surface area contributed by atoms with Gasteiger partial charge in [-0.2, -0.15) is 4.31 Å². The van der Waals surface area contributed by atoms with Gasteiger partial charge in [0, 0.05) is 32.3 Å². The maximum Gasteiger partial charge on any atom is 0.323 e. The summed E-state index contributed by atoms with van der Waals surface area (Å²) in [6.45, 7) is 0.900. The van der Waals surface area contributed by atoms with Gasteiger partial charge < -0.3 is 19.5 Å². The molecule has 2 rings (SSSR count). The van der Waals surface area contributed by atoms with Gasteiger partial charge >= 0.3 is 5.97 Å². The number of carbonyl (C=O) groups is 2. The van der Waals surface area contributed by atoms with Gasteiger partial charge in [-0.15, -0.1) is 0 Å². The third kappa shape index (κ3) is 5.01. The first-order chi connectivity index (χ1) is 12.4. The Kier molecular flexibility index (Phi) is 7.09. The number of hydrogen-bond donors (Lipinski definition) is 1. The molecular weight excluding hydrogens is 364 g/mol. The van der Waals surface area contributed by atoms with Crippen molar-refractivity contribution in [2.75, 3.05) is 53.1 Å². The van der Waals surface area contributed by atoms with Crippen molar-refractivity contribution in [3.8, 4) is 0 Å². The molecule has 0 aromatic heterocycles. The van der Waals surface area contributed by atoms with Gasteiger partial charge in [-0.3, -0.25) is 9.59 Å². The minimum Gasteiger partial charge on any atom is -0.480 e. The summed E-state index contributed by atoms with van der Waals surface area (Å²) in [6.07, 6.45) is 0. The maximum absolute atomic E-state index is 12.7. The Balaban J connectivity index is 2.25. The number of carbonyl (C=O) groups excluding carboxylic acids is 1. The molecule has 9 nitrogen and oxygen atoms in total. The Morgan fingerprint density at radius 3 is 2.62 bits per heavy atom. The lowest BCUT2D eigenvalue weighted by molar-refractivity contribution is -0.137. The van der Waals surface area contributed by atoms with Crippen LogP contribution in [0.3, 0.4) is 0 Å². The van der Waals surface area contributed by atoms with Crippen molar-refractivity contribution in [2.45, 2.75) is 4.90 Å². The molecule has 0 radical (unpaired) electrons. The van der Waals surface area contributed by atoms with E-state index in [2.05, 4.69) is 0 Å². The van der Waals surface area contributed by atoms with Crippen molar-refractivity contribution in [1.29, 1.82) is 0 Å². The molecule has 1 N–H and O–H groups in total. The molecule has 1 amide bonds. The fraction of sp³-hybridized carbons (Fsp3) is 0.500. The standard InChI is InChI=1S/C16H22N2O7S/c1-24-8-5-17(12-15(19)20)16(21)13-3-2-4-14(11-13)26(22,23)18-6-9-25-10-7-18/h2-4,11H,5-10,12H2,1H3,(H,19,20). The smallest absolute Gasteiger partial charge is 0.323 e. The van der Waals surface area contributed by atoms with E-state index in [-0.39, 0.29) is 36.7 Å². The molecule has 10 heteroatoms. The number of amides is 1. The Labute approximate surface area is 152 Å². The summed E-state index contributed by atoms with van der Waals surface area (Å²) in [5.74, 6) is -1.73. The topological polar surface area (TPSA) is 113 Å². The summed E-state index contributed by atoms with van der Waals surface area (Å²) in [6, 6.07) is 5.62. The highest BCUT2D eigenvalue weighted by Crippen LogP contribution is 2.19. The number of carboxylic acids is 1. The summed E-state index contributed by atoms with van der Waals surface area (Å²) >= 11 is 0. The number of methoxy groups -OCH3 is 1. The maximum atomic E-state index is 12.7. The van der Waals surface area contributed by atoms with Crippen LogP contribution in [0.2, 0.25) is 0 Å². The zero-order valence-electron chi connectivity index (χ0n) is 14.5. The highest BCUT2D eigenvalue weighted by atomic mass is 32.2. The molecule has 1 heterocycles. The van der Waals surface area contributed by atoms with E-state index in [1.165, 1.54) is 35.7 Å². The second kappa shape index (κ2) is 9.08. The Morgan fingerprint density at radius 2 is 2.00 bits per heavy atom. The van der Waals surface area contributed by atoms with E-state index in [4.69, 9.17) is 14.6 Å². The molecular formula is C16H22N2O7S. The predicted molar refractivity (Wildman–Crippen MR) is 91.4 cm³/mol. The first-order valence-electron chi connectivity index (χ1n) is 8.04. The Bertz CT molecular complexity index is 745. The van der Waals surface area contributed by atoms with Crippen molar-refractivity contribution in [1.82, 2.24) is 9.21 Å². The van der Waals surface area contributed by atoms with Crippen LogP contribution < -0.4 is 0 Å². The van der Waals surface area contributed by atoms with Crippen LogP contribution >= 0.6 is 0 Å². The van der Waals surface area contributed by atoms with E-state index >= 15 is 0 Å². The molecule has 0 atom stereocenters. The molecule has 1 aromatic carbocycles. The van der Waals surface area contributed by atoms with Crippen molar-refractivity contribution in [3.63, 3.8) is 0 Å². The minimum atomic E-state index is -3.74. The molecule has 0 aliphatic carbocycles. The number of rotatable bonds is 8. The van der Waals surface area contributed by atoms with Gasteiger partial charge in [0.1, 0.15) is 6.54 Å². The third-order valence-corrected chi connectivity index (χ3v) is 5.76. The minimum absolute atomic E-state index is 0.00716. The molecule has 26 heavy (non-hydrogen) atoms. The van der Waals surface area contributed by atoms with Crippen LogP contribution in [0.1, 0.15) is 10.4 Å². The number of aliphatic carboxylic acids is 1. The molecule has 1 aliphatic heterocycles. The number of carboxylic acid groups (broad SMARTS) is 1. The molecule has 1 aromatic rings. The van der Waals surface area contributed by atoms with Gasteiger partial charge in [0.15, 0.2) is 0 Å². The number of sulfonamides is 1. The van der Waals surface area contributed by atoms with Crippen LogP contribution in [0, 0.1) is 0 Å². The largest absolute Gasteiger partial charge is 0.480 e. The van der Waals surface area contributed by atoms with Crippen LogP contribution in [0.15, 0.2) is 29.2 Å². The number of morpholine rings is 1. The zero-order valence-corrected chi connectivity index (χ0v) is 15.3. The summed E-state index contributed by atoms with van der Waals surface area (Å²) < 4.78 is 36.8. The molecule has 0 spiro atoms. The number of benzene rings is 1. The summed E-state index contributed by atoms with van der Waals surface area (Å²) in [7, 11) is -2.30. The van der Waals surface area contributed by atoms with Gasteiger partial charge in [-0.25, -0.2) is 8.42 Å². The van der Waals surface area contributed by atoms with Crippen LogP contribution in [0.5, 0.6) is 0 Å². The molecule has 1 fully saturated rings. The molecule has 0 unspecified atom stereocenters. The molecule has 1 aliphatic rings. The van der Waals surface area contributed by atoms with Gasteiger partial charge in [0.05, 0.1) is 24.7 Å².